The third-order valence-electron chi connectivity index (χ3n) is 4.04. The molecule has 6 nitrogen and oxygen atoms in total. The molecule has 0 saturated carbocycles. The zero-order valence-corrected chi connectivity index (χ0v) is 16.5. The van der Waals surface area contributed by atoms with Gasteiger partial charge >= 0.3 is 0 Å². The van der Waals surface area contributed by atoms with Crippen molar-refractivity contribution in [3.63, 3.8) is 0 Å². The standard InChI is InChI=1S/C20H36N2O4/c1-13(23)5-17-7-18(6-14(2)24)20(12-22-10-16(4)26)19(8-17)11-21-9-15(3)25/h7-8,13-16,21-26H,5-6,9-12H2,1-4H3. The molecule has 0 aromatic heterocycles. The minimum atomic E-state index is -0.467. The van der Waals surface area contributed by atoms with Gasteiger partial charge in [0.2, 0.25) is 0 Å². The maximum Gasteiger partial charge on any atom is 0.0636 e. The van der Waals surface area contributed by atoms with E-state index in [0.29, 0.717) is 39.0 Å². The molecule has 0 fully saturated rings. The lowest BCUT2D eigenvalue weighted by atomic mass is 9.92. The molecule has 0 spiro atoms. The summed E-state index contributed by atoms with van der Waals surface area (Å²) < 4.78 is 0. The molecule has 1 rings (SSSR count). The lowest BCUT2D eigenvalue weighted by molar-refractivity contribution is 0.188. The lowest BCUT2D eigenvalue weighted by Gasteiger charge is -2.20. The zero-order valence-electron chi connectivity index (χ0n) is 16.5. The van der Waals surface area contributed by atoms with Crippen molar-refractivity contribution in [1.82, 2.24) is 10.6 Å². The number of aliphatic hydroxyl groups excluding tert-OH is 4. The Balaban J connectivity index is 3.13. The molecule has 1 aromatic rings. The number of hydrogen-bond acceptors (Lipinski definition) is 6. The van der Waals surface area contributed by atoms with E-state index in [9.17, 15) is 20.4 Å². The Morgan fingerprint density at radius 3 is 1.69 bits per heavy atom. The van der Waals surface area contributed by atoms with Crippen molar-refractivity contribution in [2.75, 3.05) is 13.1 Å². The monoisotopic (exact) mass is 368 g/mol. The number of nitrogens with one attached hydrogen (secondary N) is 2. The molecule has 6 heteroatoms. The van der Waals surface area contributed by atoms with Gasteiger partial charge in [-0.3, -0.25) is 0 Å². The molecular formula is C20H36N2O4. The fourth-order valence-corrected chi connectivity index (χ4v) is 3.04. The summed E-state index contributed by atoms with van der Waals surface area (Å²) >= 11 is 0. The van der Waals surface area contributed by atoms with Crippen LogP contribution in [0.3, 0.4) is 0 Å². The third kappa shape index (κ3) is 9.07. The van der Waals surface area contributed by atoms with E-state index in [1.807, 2.05) is 0 Å². The van der Waals surface area contributed by atoms with Crippen LogP contribution in [0, 0.1) is 0 Å². The quantitative estimate of drug-likeness (QED) is 0.321. The van der Waals surface area contributed by atoms with Crippen LogP contribution in [-0.4, -0.2) is 57.9 Å². The molecular weight excluding hydrogens is 332 g/mol. The van der Waals surface area contributed by atoms with Gasteiger partial charge in [0.05, 0.1) is 24.4 Å². The molecule has 150 valence electrons. The van der Waals surface area contributed by atoms with Gasteiger partial charge in [-0.2, -0.15) is 0 Å². The van der Waals surface area contributed by atoms with Crippen LogP contribution in [0.2, 0.25) is 0 Å². The van der Waals surface area contributed by atoms with E-state index in [1.165, 1.54) is 0 Å². The number of benzene rings is 1. The predicted octanol–water partition coefficient (Wildman–Crippen LogP) is 0.474. The van der Waals surface area contributed by atoms with Gasteiger partial charge < -0.3 is 31.1 Å². The Bertz CT molecular complexity index is 531. The fourth-order valence-electron chi connectivity index (χ4n) is 3.04. The number of rotatable bonds is 12. The summed E-state index contributed by atoms with van der Waals surface area (Å²) in [7, 11) is 0. The highest BCUT2D eigenvalue weighted by molar-refractivity contribution is 5.40. The van der Waals surface area contributed by atoms with Crippen LogP contribution < -0.4 is 10.6 Å². The van der Waals surface area contributed by atoms with Crippen molar-refractivity contribution in [2.24, 2.45) is 0 Å². The highest BCUT2D eigenvalue weighted by Gasteiger charge is 2.14. The molecule has 0 aliphatic carbocycles. The molecule has 26 heavy (non-hydrogen) atoms. The molecule has 6 N–H and O–H groups in total. The first-order chi connectivity index (χ1) is 12.2. The van der Waals surface area contributed by atoms with E-state index in [-0.39, 0.29) is 0 Å². The highest BCUT2D eigenvalue weighted by atomic mass is 16.3. The normalized spacial score (nSPS) is 16.3. The molecule has 4 atom stereocenters. The average molecular weight is 369 g/mol. The summed E-state index contributed by atoms with van der Waals surface area (Å²) in [4.78, 5) is 0. The maximum atomic E-state index is 9.90. The highest BCUT2D eigenvalue weighted by Crippen LogP contribution is 2.21. The Morgan fingerprint density at radius 2 is 1.19 bits per heavy atom. The topological polar surface area (TPSA) is 105 Å². The van der Waals surface area contributed by atoms with Gasteiger partial charge in [-0.1, -0.05) is 12.1 Å². The Hall–Kier alpha value is -1.02. The summed E-state index contributed by atoms with van der Waals surface area (Å²) in [6.45, 7) is 9.17. The first-order valence-electron chi connectivity index (χ1n) is 9.46. The van der Waals surface area contributed by atoms with Crippen molar-refractivity contribution in [3.8, 4) is 0 Å². The second-order valence-corrected chi connectivity index (χ2v) is 7.46. The summed E-state index contributed by atoms with van der Waals surface area (Å²) in [6, 6.07) is 4.13. The Kier molecular flexibility index (Phi) is 10.3. The van der Waals surface area contributed by atoms with Gasteiger partial charge in [0.1, 0.15) is 0 Å². The minimum Gasteiger partial charge on any atom is -0.393 e. The van der Waals surface area contributed by atoms with Crippen molar-refractivity contribution in [2.45, 2.75) is 78.0 Å². The van der Waals surface area contributed by atoms with E-state index < -0.39 is 24.4 Å². The molecule has 0 heterocycles. The lowest BCUT2D eigenvalue weighted by Crippen LogP contribution is -2.28. The molecule has 0 radical (unpaired) electrons. The molecule has 0 bridgehead atoms. The smallest absolute Gasteiger partial charge is 0.0636 e. The fraction of sp³-hybridized carbons (Fsp3) is 0.700. The van der Waals surface area contributed by atoms with Crippen molar-refractivity contribution in [1.29, 1.82) is 0 Å². The van der Waals surface area contributed by atoms with Gasteiger partial charge in [0.15, 0.2) is 0 Å². The molecule has 0 aliphatic rings. The van der Waals surface area contributed by atoms with E-state index in [1.54, 1.807) is 27.7 Å². The van der Waals surface area contributed by atoms with Gasteiger partial charge in [-0.05, 0) is 62.8 Å². The summed E-state index contributed by atoms with van der Waals surface area (Å²) in [5, 5.41) is 45.1. The Morgan fingerprint density at radius 1 is 0.692 bits per heavy atom. The van der Waals surface area contributed by atoms with Crippen molar-refractivity contribution in [3.05, 3.63) is 34.4 Å². The van der Waals surface area contributed by atoms with Crippen molar-refractivity contribution < 1.29 is 20.4 Å². The van der Waals surface area contributed by atoms with E-state index in [4.69, 9.17) is 0 Å². The van der Waals surface area contributed by atoms with E-state index in [0.717, 1.165) is 22.3 Å². The molecule has 4 unspecified atom stereocenters. The van der Waals surface area contributed by atoms with Crippen LogP contribution in [0.5, 0.6) is 0 Å². The minimum absolute atomic E-state index is 0.426. The Labute approximate surface area is 157 Å². The molecule has 0 saturated heterocycles. The summed E-state index contributed by atoms with van der Waals surface area (Å²) in [5.41, 5.74) is 4.25. The van der Waals surface area contributed by atoms with Crippen LogP contribution >= 0.6 is 0 Å². The first kappa shape index (κ1) is 23.0. The van der Waals surface area contributed by atoms with E-state index >= 15 is 0 Å². The van der Waals surface area contributed by atoms with Crippen molar-refractivity contribution >= 4 is 0 Å². The van der Waals surface area contributed by atoms with Crippen LogP contribution in [0.25, 0.3) is 0 Å². The van der Waals surface area contributed by atoms with Crippen LogP contribution in [0.1, 0.15) is 49.9 Å². The summed E-state index contributed by atoms with van der Waals surface area (Å²) in [6.07, 6.45) is -0.677. The molecule has 1 aromatic carbocycles. The second kappa shape index (κ2) is 11.6. The average Bonchev–Trinajstić information content (AvgIpc) is 2.47. The van der Waals surface area contributed by atoms with Crippen LogP contribution in [-0.2, 0) is 25.9 Å². The van der Waals surface area contributed by atoms with Crippen LogP contribution in [0.4, 0.5) is 0 Å². The second-order valence-electron chi connectivity index (χ2n) is 7.46. The number of aliphatic hydroxyl groups is 4. The van der Waals surface area contributed by atoms with Crippen LogP contribution in [0.15, 0.2) is 12.1 Å². The third-order valence-corrected chi connectivity index (χ3v) is 4.04. The van der Waals surface area contributed by atoms with Gasteiger partial charge in [-0.25, -0.2) is 0 Å². The van der Waals surface area contributed by atoms with Gasteiger partial charge in [-0.15, -0.1) is 0 Å². The largest absolute Gasteiger partial charge is 0.393 e. The van der Waals surface area contributed by atoms with Gasteiger partial charge in [0.25, 0.3) is 0 Å². The van der Waals surface area contributed by atoms with E-state index in [2.05, 4.69) is 22.8 Å². The SMILES string of the molecule is CC(O)CNCc1cc(CC(C)O)cc(CC(C)O)c1CNCC(C)O. The maximum absolute atomic E-state index is 9.90. The molecule has 0 amide bonds. The first-order valence-corrected chi connectivity index (χ1v) is 9.46. The number of hydrogen-bond donors (Lipinski definition) is 6. The zero-order chi connectivity index (χ0) is 19.7. The predicted molar refractivity (Wildman–Crippen MR) is 104 cm³/mol. The van der Waals surface area contributed by atoms with Gasteiger partial charge in [0, 0.05) is 26.2 Å². The summed E-state index contributed by atoms with van der Waals surface area (Å²) in [5.74, 6) is 0. The molecule has 0 aliphatic heterocycles.